The number of amides is 1. The van der Waals surface area contributed by atoms with Crippen LogP contribution in [0.3, 0.4) is 0 Å². The molecule has 1 aliphatic heterocycles. The van der Waals surface area contributed by atoms with Crippen LogP contribution in [0.2, 0.25) is 5.02 Å². The van der Waals surface area contributed by atoms with E-state index in [0.29, 0.717) is 48.3 Å². The van der Waals surface area contributed by atoms with E-state index in [4.69, 9.17) is 16.0 Å². The van der Waals surface area contributed by atoms with E-state index >= 15 is 0 Å². The van der Waals surface area contributed by atoms with Crippen molar-refractivity contribution < 1.29 is 9.21 Å². The molecule has 9 heteroatoms. The van der Waals surface area contributed by atoms with Gasteiger partial charge in [0.1, 0.15) is 17.7 Å². The molecule has 1 amide bonds. The molecule has 0 aliphatic carbocycles. The van der Waals surface area contributed by atoms with Gasteiger partial charge in [0.05, 0.1) is 0 Å². The second-order valence-corrected chi connectivity index (χ2v) is 7.64. The van der Waals surface area contributed by atoms with Crippen LogP contribution in [0.4, 0.5) is 5.82 Å². The Morgan fingerprint density at radius 3 is 2.72 bits per heavy atom. The molecule has 0 unspecified atom stereocenters. The van der Waals surface area contributed by atoms with Gasteiger partial charge in [-0.15, -0.1) is 0 Å². The standard InChI is InChI=1S/C20H19ClN6O2/c1-12-9-17(27-20(24-12)22-11-23-27)25-5-7-26(8-6-25)19(28)18-13(2)15-10-14(21)3-4-16(15)29-18/h3-4,9-11H,5-8H2,1-2H3. The van der Waals surface area contributed by atoms with Gasteiger partial charge in [-0.25, -0.2) is 4.98 Å². The first-order valence-electron chi connectivity index (χ1n) is 9.41. The predicted octanol–water partition coefficient (Wildman–Crippen LogP) is 3.10. The molecular weight excluding hydrogens is 392 g/mol. The van der Waals surface area contributed by atoms with Gasteiger partial charge < -0.3 is 14.2 Å². The fraction of sp³-hybridized carbons (Fsp3) is 0.300. The molecule has 4 heterocycles. The zero-order valence-electron chi connectivity index (χ0n) is 16.1. The highest BCUT2D eigenvalue weighted by Gasteiger charge is 2.28. The van der Waals surface area contributed by atoms with E-state index in [-0.39, 0.29) is 5.91 Å². The molecule has 29 heavy (non-hydrogen) atoms. The quantitative estimate of drug-likeness (QED) is 0.505. The lowest BCUT2D eigenvalue weighted by atomic mass is 10.1. The van der Waals surface area contributed by atoms with Gasteiger partial charge in [-0.2, -0.15) is 14.6 Å². The summed E-state index contributed by atoms with van der Waals surface area (Å²) in [4.78, 5) is 25.7. The molecule has 0 radical (unpaired) electrons. The van der Waals surface area contributed by atoms with Crippen LogP contribution in [0.1, 0.15) is 21.8 Å². The highest BCUT2D eigenvalue weighted by Crippen LogP contribution is 2.29. The van der Waals surface area contributed by atoms with Crippen molar-refractivity contribution >= 4 is 40.1 Å². The minimum Gasteiger partial charge on any atom is -0.451 e. The highest BCUT2D eigenvalue weighted by molar-refractivity contribution is 6.31. The Balaban J connectivity index is 1.37. The van der Waals surface area contributed by atoms with E-state index in [2.05, 4.69) is 20.0 Å². The molecule has 0 saturated carbocycles. The van der Waals surface area contributed by atoms with Crippen molar-refractivity contribution in [3.05, 3.63) is 52.6 Å². The number of aryl methyl sites for hydroxylation is 2. The molecule has 1 aliphatic rings. The monoisotopic (exact) mass is 410 g/mol. The maximum absolute atomic E-state index is 13.1. The van der Waals surface area contributed by atoms with Crippen molar-refractivity contribution in [2.45, 2.75) is 13.8 Å². The summed E-state index contributed by atoms with van der Waals surface area (Å²) in [5.74, 6) is 1.81. The number of hydrogen-bond donors (Lipinski definition) is 0. The maximum atomic E-state index is 13.1. The largest absolute Gasteiger partial charge is 0.451 e. The molecule has 0 atom stereocenters. The number of hydrogen-bond acceptors (Lipinski definition) is 6. The number of aromatic nitrogens is 4. The molecule has 148 valence electrons. The van der Waals surface area contributed by atoms with Crippen LogP contribution >= 0.6 is 11.6 Å². The van der Waals surface area contributed by atoms with E-state index in [1.807, 2.05) is 30.9 Å². The molecule has 8 nitrogen and oxygen atoms in total. The van der Waals surface area contributed by atoms with E-state index in [9.17, 15) is 4.79 Å². The number of piperazine rings is 1. The Kier molecular flexibility index (Phi) is 4.16. The maximum Gasteiger partial charge on any atom is 0.290 e. The summed E-state index contributed by atoms with van der Waals surface area (Å²) in [6, 6.07) is 7.39. The normalized spacial score (nSPS) is 14.9. The molecule has 3 aromatic heterocycles. The Morgan fingerprint density at radius 1 is 1.14 bits per heavy atom. The summed E-state index contributed by atoms with van der Waals surface area (Å²) in [6.45, 7) is 6.40. The van der Waals surface area contributed by atoms with Gasteiger partial charge in [-0.05, 0) is 32.0 Å². The second kappa shape index (κ2) is 6.73. The van der Waals surface area contributed by atoms with Crippen molar-refractivity contribution in [2.24, 2.45) is 0 Å². The van der Waals surface area contributed by atoms with Gasteiger partial charge in [-0.1, -0.05) is 11.6 Å². The molecular formula is C20H19ClN6O2. The van der Waals surface area contributed by atoms with Crippen LogP contribution in [-0.2, 0) is 0 Å². The Labute approximate surface area is 171 Å². The lowest BCUT2D eigenvalue weighted by molar-refractivity contribution is 0.0715. The first kappa shape index (κ1) is 17.9. The number of anilines is 1. The van der Waals surface area contributed by atoms with Crippen LogP contribution in [-0.4, -0.2) is 56.6 Å². The second-order valence-electron chi connectivity index (χ2n) is 7.20. The smallest absolute Gasteiger partial charge is 0.290 e. The fourth-order valence-electron chi connectivity index (χ4n) is 3.82. The molecule has 1 aromatic carbocycles. The number of benzene rings is 1. The molecule has 0 spiro atoms. The number of carbonyl (C=O) groups is 1. The van der Waals surface area contributed by atoms with E-state index in [0.717, 1.165) is 22.5 Å². The van der Waals surface area contributed by atoms with Crippen LogP contribution in [0, 0.1) is 13.8 Å². The van der Waals surface area contributed by atoms with Crippen LogP contribution in [0.15, 0.2) is 35.0 Å². The zero-order valence-corrected chi connectivity index (χ0v) is 16.8. The number of rotatable bonds is 2. The van der Waals surface area contributed by atoms with Crippen molar-refractivity contribution in [3.8, 4) is 0 Å². The Bertz CT molecular complexity index is 1240. The third-order valence-electron chi connectivity index (χ3n) is 5.34. The number of furan rings is 1. The van der Waals surface area contributed by atoms with Gasteiger partial charge in [0.2, 0.25) is 0 Å². The van der Waals surface area contributed by atoms with Gasteiger partial charge >= 0.3 is 0 Å². The van der Waals surface area contributed by atoms with Crippen molar-refractivity contribution in [2.75, 3.05) is 31.1 Å². The number of fused-ring (bicyclic) bond motifs is 2. The SMILES string of the molecule is Cc1cc(N2CCN(C(=O)c3oc4ccc(Cl)cc4c3C)CC2)n2ncnc2n1. The summed E-state index contributed by atoms with van der Waals surface area (Å²) < 4.78 is 7.58. The Morgan fingerprint density at radius 2 is 1.93 bits per heavy atom. The minimum atomic E-state index is -0.0914. The molecule has 4 aromatic rings. The lowest BCUT2D eigenvalue weighted by Crippen LogP contribution is -2.49. The number of halogens is 1. The molecule has 5 rings (SSSR count). The summed E-state index contributed by atoms with van der Waals surface area (Å²) in [5, 5.41) is 5.78. The average molecular weight is 411 g/mol. The Hall–Kier alpha value is -3.13. The van der Waals surface area contributed by atoms with E-state index < -0.39 is 0 Å². The summed E-state index contributed by atoms with van der Waals surface area (Å²) in [5.41, 5.74) is 2.38. The van der Waals surface area contributed by atoms with Crippen molar-refractivity contribution in [3.63, 3.8) is 0 Å². The number of carbonyl (C=O) groups excluding carboxylic acids is 1. The molecule has 1 fully saturated rings. The summed E-state index contributed by atoms with van der Waals surface area (Å²) in [6.07, 6.45) is 1.50. The predicted molar refractivity (Wildman–Crippen MR) is 110 cm³/mol. The topological polar surface area (TPSA) is 79.8 Å². The minimum absolute atomic E-state index is 0.0914. The van der Waals surface area contributed by atoms with Gasteiger partial charge in [0, 0.05) is 53.9 Å². The van der Waals surface area contributed by atoms with Gasteiger partial charge in [0.15, 0.2) is 5.76 Å². The third-order valence-corrected chi connectivity index (χ3v) is 5.58. The van der Waals surface area contributed by atoms with E-state index in [1.165, 1.54) is 6.33 Å². The fourth-order valence-corrected chi connectivity index (χ4v) is 3.99. The van der Waals surface area contributed by atoms with Crippen LogP contribution < -0.4 is 4.90 Å². The van der Waals surface area contributed by atoms with Crippen molar-refractivity contribution in [1.29, 1.82) is 0 Å². The number of nitrogens with zero attached hydrogens (tertiary/aromatic N) is 6. The first-order valence-corrected chi connectivity index (χ1v) is 9.79. The molecule has 0 bridgehead atoms. The van der Waals surface area contributed by atoms with Gasteiger partial charge in [0.25, 0.3) is 11.7 Å². The van der Waals surface area contributed by atoms with E-state index in [1.54, 1.807) is 16.6 Å². The van der Waals surface area contributed by atoms with Gasteiger partial charge in [-0.3, -0.25) is 4.79 Å². The summed E-state index contributed by atoms with van der Waals surface area (Å²) in [7, 11) is 0. The zero-order chi connectivity index (χ0) is 20.1. The average Bonchev–Trinajstić information content (AvgIpc) is 3.31. The van der Waals surface area contributed by atoms with Crippen molar-refractivity contribution in [1.82, 2.24) is 24.5 Å². The lowest BCUT2D eigenvalue weighted by Gasteiger charge is -2.35. The first-order chi connectivity index (χ1) is 14.0. The van der Waals surface area contributed by atoms with Crippen LogP contribution in [0.25, 0.3) is 16.7 Å². The molecule has 0 N–H and O–H groups in total. The summed E-state index contributed by atoms with van der Waals surface area (Å²) >= 11 is 6.09. The highest BCUT2D eigenvalue weighted by atomic mass is 35.5. The third kappa shape index (κ3) is 3.00. The van der Waals surface area contributed by atoms with Crippen LogP contribution in [0.5, 0.6) is 0 Å². The molecule has 1 saturated heterocycles.